The number of hydrogen-bond donors (Lipinski definition) is 0. The van der Waals surface area contributed by atoms with Gasteiger partial charge in [-0.1, -0.05) is 29.8 Å². The normalized spacial score (nSPS) is 11.1. The lowest BCUT2D eigenvalue weighted by Gasteiger charge is -2.16. The Labute approximate surface area is 142 Å². The van der Waals surface area contributed by atoms with E-state index >= 15 is 0 Å². The number of nitrogens with zero attached hydrogens (tertiary/aromatic N) is 1. The highest BCUT2D eigenvalue weighted by molar-refractivity contribution is 7.17. The van der Waals surface area contributed by atoms with E-state index in [-0.39, 0.29) is 11.2 Å². The summed E-state index contributed by atoms with van der Waals surface area (Å²) in [5.74, 6) is -0.279. The van der Waals surface area contributed by atoms with Crippen molar-refractivity contribution in [3.05, 3.63) is 87.6 Å². The summed E-state index contributed by atoms with van der Waals surface area (Å²) < 4.78 is 16.0. The average Bonchev–Trinajstić information content (AvgIpc) is 3.07. The van der Waals surface area contributed by atoms with Gasteiger partial charge < -0.3 is 4.57 Å². The lowest BCUT2D eigenvalue weighted by molar-refractivity contribution is 0.627. The molecule has 2 nitrogen and oxygen atoms in total. The molecule has 2 heterocycles. The van der Waals surface area contributed by atoms with E-state index in [9.17, 15) is 9.18 Å². The number of benzene rings is 2. The second-order valence-corrected chi connectivity index (χ2v) is 6.62. The number of rotatable bonds is 2. The van der Waals surface area contributed by atoms with Crippen molar-refractivity contribution < 1.29 is 4.39 Å². The van der Waals surface area contributed by atoms with Gasteiger partial charge in [-0.25, -0.2) is 4.39 Å². The second-order valence-electron chi connectivity index (χ2n) is 5.71. The lowest BCUT2D eigenvalue weighted by atomic mass is 10.1. The third-order valence-corrected chi connectivity index (χ3v) is 4.97. The van der Waals surface area contributed by atoms with E-state index in [1.165, 1.54) is 23.5 Å². The van der Waals surface area contributed by atoms with E-state index in [1.54, 1.807) is 18.2 Å². The molecule has 2 aromatic heterocycles. The predicted molar refractivity (Wildman–Crippen MR) is 97.6 cm³/mol. The van der Waals surface area contributed by atoms with Crippen molar-refractivity contribution in [1.82, 2.24) is 4.57 Å². The molecule has 118 valence electrons. The Bertz CT molecular complexity index is 1080. The van der Waals surface area contributed by atoms with Gasteiger partial charge in [-0.2, -0.15) is 0 Å². The van der Waals surface area contributed by atoms with Crippen molar-refractivity contribution in [2.24, 2.45) is 0 Å². The third kappa shape index (κ3) is 2.45. The van der Waals surface area contributed by atoms with E-state index in [0.717, 1.165) is 28.0 Å². The van der Waals surface area contributed by atoms with Crippen molar-refractivity contribution in [3.8, 4) is 16.9 Å². The molecule has 2 aromatic carbocycles. The first-order valence-electron chi connectivity index (χ1n) is 7.60. The summed E-state index contributed by atoms with van der Waals surface area (Å²) in [6.45, 7) is 2.03. The summed E-state index contributed by atoms with van der Waals surface area (Å²) in [7, 11) is 0. The minimum absolute atomic E-state index is 0.00827. The fourth-order valence-corrected chi connectivity index (χ4v) is 3.64. The van der Waals surface area contributed by atoms with Gasteiger partial charge in [-0.3, -0.25) is 4.79 Å². The van der Waals surface area contributed by atoms with E-state index in [1.807, 2.05) is 47.2 Å². The van der Waals surface area contributed by atoms with Crippen LogP contribution in [0.25, 0.3) is 27.2 Å². The third-order valence-electron chi connectivity index (χ3n) is 4.05. The summed E-state index contributed by atoms with van der Waals surface area (Å²) in [4.78, 5) is 12.5. The number of hydrogen-bond acceptors (Lipinski definition) is 2. The molecule has 0 saturated carbocycles. The van der Waals surface area contributed by atoms with Gasteiger partial charge in [-0.05, 0) is 48.2 Å². The maximum absolute atomic E-state index is 13.3. The molecule has 0 spiro atoms. The Morgan fingerprint density at radius 1 is 0.958 bits per heavy atom. The van der Waals surface area contributed by atoms with Gasteiger partial charge in [0.25, 0.3) is 0 Å². The summed E-state index contributed by atoms with van der Waals surface area (Å²) in [6.07, 6.45) is 0. The molecule has 0 unspecified atom stereocenters. The zero-order chi connectivity index (χ0) is 16.7. The Morgan fingerprint density at radius 3 is 2.38 bits per heavy atom. The predicted octanol–water partition coefficient (Wildman–Crippen LogP) is 5.17. The molecule has 0 atom stereocenters. The summed E-state index contributed by atoms with van der Waals surface area (Å²) in [6, 6.07) is 18.0. The van der Waals surface area contributed by atoms with Crippen LogP contribution in [0.3, 0.4) is 0 Å². The zero-order valence-corrected chi connectivity index (χ0v) is 13.8. The van der Waals surface area contributed by atoms with Crippen LogP contribution in [0.1, 0.15) is 5.56 Å². The Kier molecular flexibility index (Phi) is 3.54. The quantitative estimate of drug-likeness (QED) is 0.495. The fraction of sp³-hybridized carbons (Fsp3) is 0.0500. The van der Waals surface area contributed by atoms with E-state index in [4.69, 9.17) is 0 Å². The van der Waals surface area contributed by atoms with Crippen LogP contribution >= 0.6 is 11.3 Å². The van der Waals surface area contributed by atoms with Crippen molar-refractivity contribution in [2.75, 3.05) is 0 Å². The van der Waals surface area contributed by atoms with Crippen molar-refractivity contribution >= 4 is 21.6 Å². The van der Waals surface area contributed by atoms with E-state index in [0.29, 0.717) is 4.70 Å². The summed E-state index contributed by atoms with van der Waals surface area (Å²) >= 11 is 1.42. The monoisotopic (exact) mass is 335 g/mol. The molecular formula is C20H14FNOS. The highest BCUT2D eigenvalue weighted by atomic mass is 32.1. The van der Waals surface area contributed by atoms with Gasteiger partial charge in [-0.15, -0.1) is 11.3 Å². The van der Waals surface area contributed by atoms with Crippen LogP contribution in [0.5, 0.6) is 0 Å². The molecule has 0 aliphatic rings. The summed E-state index contributed by atoms with van der Waals surface area (Å²) in [5, 5.41) is 1.91. The number of fused-ring (bicyclic) bond motifs is 1. The highest BCUT2D eigenvalue weighted by Crippen LogP contribution is 2.29. The summed E-state index contributed by atoms with van der Waals surface area (Å²) in [5.41, 5.74) is 4.60. The molecule has 0 saturated heterocycles. The van der Waals surface area contributed by atoms with Gasteiger partial charge >= 0.3 is 0 Å². The smallest absolute Gasteiger partial charge is 0.200 e. The largest absolute Gasteiger partial charge is 0.308 e. The van der Waals surface area contributed by atoms with Crippen LogP contribution < -0.4 is 5.43 Å². The van der Waals surface area contributed by atoms with Crippen molar-refractivity contribution in [3.63, 3.8) is 0 Å². The van der Waals surface area contributed by atoms with Gasteiger partial charge in [0.15, 0.2) is 5.43 Å². The number of aromatic nitrogens is 1. The van der Waals surface area contributed by atoms with E-state index in [2.05, 4.69) is 0 Å². The molecular weight excluding hydrogens is 321 g/mol. The minimum Gasteiger partial charge on any atom is -0.308 e. The topological polar surface area (TPSA) is 22.0 Å². The van der Waals surface area contributed by atoms with Crippen LogP contribution in [0.2, 0.25) is 0 Å². The van der Waals surface area contributed by atoms with Crippen molar-refractivity contribution in [2.45, 2.75) is 6.92 Å². The van der Waals surface area contributed by atoms with Crippen LogP contribution in [-0.2, 0) is 0 Å². The molecule has 0 aliphatic carbocycles. The number of thiophene rings is 1. The molecule has 4 aromatic rings. The Balaban J connectivity index is 2.08. The molecule has 0 N–H and O–H groups in total. The number of halogens is 1. The first-order chi connectivity index (χ1) is 11.6. The highest BCUT2D eigenvalue weighted by Gasteiger charge is 2.13. The minimum atomic E-state index is -0.279. The molecule has 0 aliphatic heterocycles. The molecule has 0 fully saturated rings. The average molecular weight is 335 g/mol. The van der Waals surface area contributed by atoms with Gasteiger partial charge in [0, 0.05) is 11.8 Å². The fourth-order valence-electron chi connectivity index (χ4n) is 2.85. The van der Waals surface area contributed by atoms with Crippen LogP contribution in [0.4, 0.5) is 4.39 Å². The Hall–Kier alpha value is -2.72. The van der Waals surface area contributed by atoms with Gasteiger partial charge in [0.05, 0.1) is 15.9 Å². The van der Waals surface area contributed by atoms with Crippen LogP contribution in [0, 0.1) is 12.7 Å². The van der Waals surface area contributed by atoms with Crippen LogP contribution in [0.15, 0.2) is 70.8 Å². The standard InChI is InChI=1S/C20H14FNOS/c1-13-2-4-14(5-3-13)18-12-19(23)20-17(10-11-24-20)22(18)16-8-6-15(21)7-9-16/h2-12H,1H3. The van der Waals surface area contributed by atoms with Crippen LogP contribution in [-0.4, -0.2) is 4.57 Å². The first-order valence-corrected chi connectivity index (χ1v) is 8.48. The zero-order valence-electron chi connectivity index (χ0n) is 13.0. The van der Waals surface area contributed by atoms with Gasteiger partial charge in [0.2, 0.25) is 0 Å². The lowest BCUT2D eigenvalue weighted by Crippen LogP contribution is -2.09. The molecule has 0 bridgehead atoms. The van der Waals surface area contributed by atoms with Crippen molar-refractivity contribution in [1.29, 1.82) is 0 Å². The number of pyridine rings is 1. The SMILES string of the molecule is Cc1ccc(-c2cc(=O)c3sccc3n2-c2ccc(F)cc2)cc1. The van der Waals surface area contributed by atoms with Gasteiger partial charge in [0.1, 0.15) is 5.82 Å². The molecule has 4 heteroatoms. The Morgan fingerprint density at radius 2 is 1.67 bits per heavy atom. The van der Waals surface area contributed by atoms with E-state index < -0.39 is 0 Å². The molecule has 4 rings (SSSR count). The molecule has 24 heavy (non-hydrogen) atoms. The maximum Gasteiger partial charge on any atom is 0.200 e. The second kappa shape index (κ2) is 5.73. The first kappa shape index (κ1) is 14.8. The maximum atomic E-state index is 13.3. The molecule has 0 radical (unpaired) electrons. The molecule has 0 amide bonds. The number of aryl methyl sites for hydroxylation is 1.